The third-order valence-corrected chi connectivity index (χ3v) is 2.73. The summed E-state index contributed by atoms with van der Waals surface area (Å²) in [6.07, 6.45) is -2.00. The molecule has 6 heteroatoms. The number of nitrogens with zero attached hydrogens (tertiary/aromatic N) is 1. The molecule has 0 fully saturated rings. The third-order valence-electron chi connectivity index (χ3n) is 2.73. The molecule has 0 spiro atoms. The van der Waals surface area contributed by atoms with E-state index in [1.807, 2.05) is 6.92 Å². The van der Waals surface area contributed by atoms with Gasteiger partial charge in [-0.25, -0.2) is 4.98 Å². The molecule has 1 atom stereocenters. The lowest BCUT2D eigenvalue weighted by Gasteiger charge is -2.07. The first-order valence-corrected chi connectivity index (χ1v) is 6.20. The topological polar surface area (TPSA) is 52.0 Å². The molecule has 0 aliphatic heterocycles. The lowest BCUT2D eigenvalue weighted by molar-refractivity contribution is -0.137. The van der Waals surface area contributed by atoms with Crippen molar-refractivity contribution in [3.63, 3.8) is 0 Å². The minimum absolute atomic E-state index is 0.0515. The minimum Gasteiger partial charge on any atom is -0.445 e. The molecular weight excluding hydrogens is 269 g/mol. The van der Waals surface area contributed by atoms with Crippen LogP contribution in [0.3, 0.4) is 0 Å². The molecule has 20 heavy (non-hydrogen) atoms. The zero-order valence-electron chi connectivity index (χ0n) is 10.9. The molecule has 0 aliphatic rings. The summed E-state index contributed by atoms with van der Waals surface area (Å²) in [4.78, 5) is 4.05. The van der Waals surface area contributed by atoms with Crippen LogP contribution >= 0.6 is 0 Å². The molecule has 2 N–H and O–H groups in total. The molecule has 2 rings (SSSR count). The largest absolute Gasteiger partial charge is 0.445 e. The van der Waals surface area contributed by atoms with E-state index in [0.717, 1.165) is 12.1 Å². The molecule has 0 bridgehead atoms. The Bertz CT molecular complexity index is 576. The first kappa shape index (κ1) is 14.6. The van der Waals surface area contributed by atoms with Crippen LogP contribution in [0.4, 0.5) is 13.2 Å². The second-order valence-electron chi connectivity index (χ2n) is 4.78. The zero-order chi connectivity index (χ0) is 14.8. The molecule has 2 aromatic rings. The Balaban J connectivity index is 2.12. The standard InChI is InChI=1S/C14H15F3N2O/c1-9(18)5-12-8-19-13(20-12)7-10-3-2-4-11(6-10)14(15,16)17/h2-4,6,8-9H,5,7,18H2,1H3. The number of alkyl halides is 3. The van der Waals surface area contributed by atoms with Gasteiger partial charge in [-0.05, 0) is 18.6 Å². The Morgan fingerprint density at radius 3 is 2.75 bits per heavy atom. The smallest absolute Gasteiger partial charge is 0.416 e. The maximum atomic E-state index is 12.6. The number of nitrogens with two attached hydrogens (primary N) is 1. The van der Waals surface area contributed by atoms with Crippen LogP contribution in [0.15, 0.2) is 34.9 Å². The molecule has 3 nitrogen and oxygen atoms in total. The Kier molecular flexibility index (Phi) is 4.13. The highest BCUT2D eigenvalue weighted by atomic mass is 19.4. The van der Waals surface area contributed by atoms with Gasteiger partial charge in [-0.15, -0.1) is 0 Å². The van der Waals surface area contributed by atoms with E-state index in [2.05, 4.69) is 4.98 Å². The van der Waals surface area contributed by atoms with Gasteiger partial charge in [0, 0.05) is 18.9 Å². The fraction of sp³-hybridized carbons (Fsp3) is 0.357. The van der Waals surface area contributed by atoms with Crippen molar-refractivity contribution in [1.29, 1.82) is 0 Å². The van der Waals surface area contributed by atoms with Crippen molar-refractivity contribution in [2.24, 2.45) is 5.73 Å². The van der Waals surface area contributed by atoms with Crippen LogP contribution in [0.2, 0.25) is 0 Å². The van der Waals surface area contributed by atoms with Crippen LogP contribution in [0.1, 0.15) is 29.7 Å². The van der Waals surface area contributed by atoms with Gasteiger partial charge in [-0.2, -0.15) is 13.2 Å². The van der Waals surface area contributed by atoms with Crippen LogP contribution in [0, 0.1) is 0 Å². The molecule has 1 heterocycles. The molecule has 0 radical (unpaired) electrons. The van der Waals surface area contributed by atoms with Gasteiger partial charge in [0.1, 0.15) is 5.76 Å². The van der Waals surface area contributed by atoms with Crippen molar-refractivity contribution in [3.8, 4) is 0 Å². The first-order chi connectivity index (χ1) is 9.34. The van der Waals surface area contributed by atoms with E-state index >= 15 is 0 Å². The van der Waals surface area contributed by atoms with Crippen LogP contribution in [-0.4, -0.2) is 11.0 Å². The Labute approximate surface area is 114 Å². The van der Waals surface area contributed by atoms with Crippen LogP contribution in [0.25, 0.3) is 0 Å². The number of oxazole rings is 1. The second-order valence-corrected chi connectivity index (χ2v) is 4.78. The van der Waals surface area contributed by atoms with Crippen molar-refractivity contribution in [1.82, 2.24) is 4.98 Å². The predicted octanol–water partition coefficient (Wildman–Crippen LogP) is 3.17. The van der Waals surface area contributed by atoms with Gasteiger partial charge in [0.15, 0.2) is 5.89 Å². The van der Waals surface area contributed by atoms with Gasteiger partial charge in [0.25, 0.3) is 0 Å². The number of benzene rings is 1. The molecule has 0 saturated carbocycles. The Morgan fingerprint density at radius 2 is 2.10 bits per heavy atom. The van der Waals surface area contributed by atoms with E-state index in [0.29, 0.717) is 23.6 Å². The number of hydrogen-bond acceptors (Lipinski definition) is 3. The number of rotatable bonds is 4. The quantitative estimate of drug-likeness (QED) is 0.938. The van der Waals surface area contributed by atoms with Gasteiger partial charge in [0.2, 0.25) is 0 Å². The minimum atomic E-state index is -4.34. The van der Waals surface area contributed by atoms with Crippen molar-refractivity contribution in [2.45, 2.75) is 32.0 Å². The van der Waals surface area contributed by atoms with E-state index in [9.17, 15) is 13.2 Å². The molecule has 1 aromatic heterocycles. The molecule has 1 aromatic carbocycles. The molecule has 0 saturated heterocycles. The van der Waals surface area contributed by atoms with Gasteiger partial charge in [-0.3, -0.25) is 0 Å². The molecule has 0 amide bonds. The summed E-state index contributed by atoms with van der Waals surface area (Å²) in [7, 11) is 0. The number of aromatic nitrogens is 1. The fourth-order valence-electron chi connectivity index (χ4n) is 1.87. The van der Waals surface area contributed by atoms with Crippen molar-refractivity contribution in [3.05, 3.63) is 53.2 Å². The maximum absolute atomic E-state index is 12.6. The highest BCUT2D eigenvalue weighted by Gasteiger charge is 2.30. The summed E-state index contributed by atoms with van der Waals surface area (Å²) in [5, 5.41) is 0. The highest BCUT2D eigenvalue weighted by molar-refractivity contribution is 5.27. The van der Waals surface area contributed by atoms with Gasteiger partial charge in [0.05, 0.1) is 11.8 Å². The van der Waals surface area contributed by atoms with Crippen LogP contribution < -0.4 is 5.73 Å². The van der Waals surface area contributed by atoms with Gasteiger partial charge < -0.3 is 10.2 Å². The SMILES string of the molecule is CC(N)Cc1cnc(Cc2cccc(C(F)(F)F)c2)o1. The van der Waals surface area contributed by atoms with Crippen molar-refractivity contribution in [2.75, 3.05) is 0 Å². The normalized spacial score (nSPS) is 13.4. The fourth-order valence-corrected chi connectivity index (χ4v) is 1.87. The van der Waals surface area contributed by atoms with Crippen LogP contribution in [-0.2, 0) is 19.0 Å². The summed E-state index contributed by atoms with van der Waals surface area (Å²) in [5.74, 6) is 1.03. The summed E-state index contributed by atoms with van der Waals surface area (Å²) < 4.78 is 43.3. The van der Waals surface area contributed by atoms with Crippen LogP contribution in [0.5, 0.6) is 0 Å². The summed E-state index contributed by atoms with van der Waals surface area (Å²) in [6.45, 7) is 1.84. The van der Waals surface area contributed by atoms with Gasteiger partial charge in [-0.1, -0.05) is 18.2 Å². The highest BCUT2D eigenvalue weighted by Crippen LogP contribution is 2.29. The Hall–Kier alpha value is -1.82. The summed E-state index contributed by atoms with van der Waals surface area (Å²) >= 11 is 0. The third kappa shape index (κ3) is 3.84. The van der Waals surface area contributed by atoms with E-state index < -0.39 is 11.7 Å². The molecule has 1 unspecified atom stereocenters. The number of halogens is 3. The van der Waals surface area contributed by atoms with Crippen molar-refractivity contribution < 1.29 is 17.6 Å². The summed E-state index contributed by atoms with van der Waals surface area (Å²) in [6, 6.07) is 5.09. The molecule has 0 aliphatic carbocycles. The molecule has 108 valence electrons. The zero-order valence-corrected chi connectivity index (χ0v) is 10.9. The Morgan fingerprint density at radius 1 is 1.35 bits per heavy atom. The van der Waals surface area contributed by atoms with E-state index in [-0.39, 0.29) is 12.5 Å². The van der Waals surface area contributed by atoms with E-state index in [1.165, 1.54) is 6.07 Å². The average Bonchev–Trinajstić information content (AvgIpc) is 2.75. The second kappa shape index (κ2) is 5.66. The first-order valence-electron chi connectivity index (χ1n) is 6.20. The predicted molar refractivity (Wildman–Crippen MR) is 68.1 cm³/mol. The van der Waals surface area contributed by atoms with Crippen molar-refractivity contribution >= 4 is 0 Å². The van der Waals surface area contributed by atoms with E-state index in [4.69, 9.17) is 10.2 Å². The average molecular weight is 284 g/mol. The lowest BCUT2D eigenvalue weighted by Crippen LogP contribution is -2.17. The monoisotopic (exact) mass is 284 g/mol. The number of hydrogen-bond donors (Lipinski definition) is 1. The lowest BCUT2D eigenvalue weighted by atomic mass is 10.1. The molecular formula is C14H15F3N2O. The van der Waals surface area contributed by atoms with E-state index in [1.54, 1.807) is 12.3 Å². The van der Waals surface area contributed by atoms with Gasteiger partial charge >= 0.3 is 6.18 Å². The maximum Gasteiger partial charge on any atom is 0.416 e. The summed E-state index contributed by atoms with van der Waals surface area (Å²) in [5.41, 5.74) is 5.48.